The molecule has 3 rings (SSSR count). The van der Waals surface area contributed by atoms with Gasteiger partial charge in [0.2, 0.25) is 0 Å². The molecule has 27 heavy (non-hydrogen) atoms. The molecule has 8 heteroatoms. The fourth-order valence-corrected chi connectivity index (χ4v) is 2.96. The summed E-state index contributed by atoms with van der Waals surface area (Å²) >= 11 is 0. The number of benzene rings is 2. The number of anilines is 2. The lowest BCUT2D eigenvalue weighted by atomic mass is 10.2. The molecule has 0 radical (unpaired) electrons. The number of carbonyl (C=O) groups excluding carboxylic acids is 1. The van der Waals surface area contributed by atoms with Crippen LogP contribution in [0.1, 0.15) is 0 Å². The van der Waals surface area contributed by atoms with Crippen molar-refractivity contribution in [3.05, 3.63) is 64.7 Å². The molecule has 0 atom stereocenters. The molecule has 1 amide bonds. The standard InChI is InChI=1S/C19H22N4O4/c24-19(20-16-4-2-1-3-5-16)27-15-14-21-10-12-22(13-11-21)17-6-8-18(9-7-17)23(25)26/h1-9H,10-15H2,(H,20,24). The second-order valence-corrected chi connectivity index (χ2v) is 6.23. The highest BCUT2D eigenvalue weighted by molar-refractivity contribution is 5.84. The van der Waals surface area contributed by atoms with E-state index >= 15 is 0 Å². The molecule has 8 nitrogen and oxygen atoms in total. The second kappa shape index (κ2) is 9.00. The minimum atomic E-state index is -0.453. The first-order valence-corrected chi connectivity index (χ1v) is 8.82. The van der Waals surface area contributed by atoms with Crippen molar-refractivity contribution in [1.82, 2.24) is 4.90 Å². The Bertz CT molecular complexity index is 759. The van der Waals surface area contributed by atoms with Crippen molar-refractivity contribution < 1.29 is 14.5 Å². The number of rotatable bonds is 6. The van der Waals surface area contributed by atoms with Crippen molar-refractivity contribution in [2.24, 2.45) is 0 Å². The number of amides is 1. The minimum absolute atomic E-state index is 0.100. The first-order chi connectivity index (χ1) is 13.1. The summed E-state index contributed by atoms with van der Waals surface area (Å²) in [4.78, 5) is 26.5. The van der Waals surface area contributed by atoms with Gasteiger partial charge >= 0.3 is 6.09 Å². The summed E-state index contributed by atoms with van der Waals surface area (Å²) in [6.07, 6.45) is -0.453. The van der Waals surface area contributed by atoms with Crippen LogP contribution in [0.5, 0.6) is 0 Å². The zero-order valence-electron chi connectivity index (χ0n) is 14.9. The van der Waals surface area contributed by atoms with Crippen LogP contribution in [0.2, 0.25) is 0 Å². The van der Waals surface area contributed by atoms with Crippen molar-refractivity contribution in [2.45, 2.75) is 0 Å². The zero-order chi connectivity index (χ0) is 19.1. The van der Waals surface area contributed by atoms with Crippen LogP contribution in [-0.4, -0.2) is 55.2 Å². The number of nitro benzene ring substituents is 1. The molecule has 1 N–H and O–H groups in total. The number of carbonyl (C=O) groups is 1. The van der Waals surface area contributed by atoms with Gasteiger partial charge in [0.1, 0.15) is 6.61 Å². The van der Waals surface area contributed by atoms with Crippen molar-refractivity contribution in [3.63, 3.8) is 0 Å². The quantitative estimate of drug-likeness (QED) is 0.621. The number of nitrogens with one attached hydrogen (secondary N) is 1. The van der Waals surface area contributed by atoms with Gasteiger partial charge in [-0.05, 0) is 24.3 Å². The van der Waals surface area contributed by atoms with Crippen molar-refractivity contribution in [2.75, 3.05) is 49.5 Å². The summed E-state index contributed by atoms with van der Waals surface area (Å²) in [5.41, 5.74) is 1.79. The second-order valence-electron chi connectivity index (χ2n) is 6.23. The molecule has 0 aromatic heterocycles. The molecule has 0 unspecified atom stereocenters. The maximum atomic E-state index is 11.8. The lowest BCUT2D eigenvalue weighted by Gasteiger charge is -2.35. The highest BCUT2D eigenvalue weighted by atomic mass is 16.6. The number of nitrogens with zero attached hydrogens (tertiary/aromatic N) is 3. The van der Waals surface area contributed by atoms with Crippen molar-refractivity contribution in [1.29, 1.82) is 0 Å². The summed E-state index contributed by atoms with van der Waals surface area (Å²) in [5.74, 6) is 0. The molecule has 2 aromatic rings. The van der Waals surface area contributed by atoms with Crippen LogP contribution in [0.25, 0.3) is 0 Å². The molecule has 1 aliphatic rings. The third-order valence-corrected chi connectivity index (χ3v) is 4.46. The molecule has 0 bridgehead atoms. The van der Waals surface area contributed by atoms with E-state index in [0.29, 0.717) is 18.8 Å². The van der Waals surface area contributed by atoms with Crippen LogP contribution in [0, 0.1) is 10.1 Å². The van der Waals surface area contributed by atoms with Gasteiger partial charge in [-0.25, -0.2) is 4.79 Å². The monoisotopic (exact) mass is 370 g/mol. The summed E-state index contributed by atoms with van der Waals surface area (Å²) in [5, 5.41) is 13.4. The Balaban J connectivity index is 1.37. The number of piperazine rings is 1. The van der Waals surface area contributed by atoms with E-state index in [1.165, 1.54) is 12.1 Å². The van der Waals surface area contributed by atoms with Crippen LogP contribution in [0.4, 0.5) is 21.9 Å². The fourth-order valence-electron chi connectivity index (χ4n) is 2.96. The largest absolute Gasteiger partial charge is 0.448 e. The highest BCUT2D eigenvalue weighted by Crippen LogP contribution is 2.20. The van der Waals surface area contributed by atoms with E-state index in [4.69, 9.17) is 4.74 Å². The lowest BCUT2D eigenvalue weighted by Crippen LogP contribution is -2.47. The van der Waals surface area contributed by atoms with Crippen LogP contribution in [0.3, 0.4) is 0 Å². The summed E-state index contributed by atoms with van der Waals surface area (Å²) in [6, 6.07) is 15.8. The first kappa shape index (κ1) is 18.7. The molecule has 1 aliphatic heterocycles. The molecular weight excluding hydrogens is 348 g/mol. The van der Waals surface area contributed by atoms with Gasteiger partial charge in [-0.2, -0.15) is 0 Å². The average Bonchev–Trinajstić information content (AvgIpc) is 2.69. The van der Waals surface area contributed by atoms with Gasteiger partial charge in [0, 0.05) is 56.2 Å². The zero-order valence-corrected chi connectivity index (χ0v) is 14.9. The van der Waals surface area contributed by atoms with Gasteiger partial charge in [-0.3, -0.25) is 20.3 Å². The SMILES string of the molecule is O=C(Nc1ccccc1)OCCN1CCN(c2ccc([N+](=O)[O-])cc2)CC1. The minimum Gasteiger partial charge on any atom is -0.448 e. The maximum absolute atomic E-state index is 11.8. The number of hydrogen-bond acceptors (Lipinski definition) is 6. The average molecular weight is 370 g/mol. The highest BCUT2D eigenvalue weighted by Gasteiger charge is 2.18. The van der Waals surface area contributed by atoms with Crippen LogP contribution in [0.15, 0.2) is 54.6 Å². The number of non-ortho nitro benzene ring substituents is 1. The van der Waals surface area contributed by atoms with E-state index in [1.807, 2.05) is 18.2 Å². The summed E-state index contributed by atoms with van der Waals surface area (Å²) < 4.78 is 5.23. The number of nitro groups is 1. The van der Waals surface area contributed by atoms with Gasteiger partial charge in [0.15, 0.2) is 0 Å². The van der Waals surface area contributed by atoms with E-state index in [0.717, 1.165) is 31.9 Å². The Morgan fingerprint density at radius 3 is 2.33 bits per heavy atom. The molecule has 0 spiro atoms. The summed E-state index contributed by atoms with van der Waals surface area (Å²) in [6.45, 7) is 4.36. The summed E-state index contributed by atoms with van der Waals surface area (Å²) in [7, 11) is 0. The van der Waals surface area contributed by atoms with E-state index < -0.39 is 11.0 Å². The van der Waals surface area contributed by atoms with Crippen molar-refractivity contribution in [3.8, 4) is 0 Å². The Morgan fingerprint density at radius 2 is 1.70 bits per heavy atom. The lowest BCUT2D eigenvalue weighted by molar-refractivity contribution is -0.384. The normalized spacial score (nSPS) is 14.6. The van der Waals surface area contributed by atoms with E-state index in [9.17, 15) is 14.9 Å². The molecule has 142 valence electrons. The predicted molar refractivity (Wildman–Crippen MR) is 103 cm³/mol. The molecule has 2 aromatic carbocycles. The van der Waals surface area contributed by atoms with E-state index in [2.05, 4.69) is 15.1 Å². The topological polar surface area (TPSA) is 88.0 Å². The molecule has 1 saturated heterocycles. The Kier molecular flexibility index (Phi) is 6.22. The molecule has 0 aliphatic carbocycles. The number of ether oxygens (including phenoxy) is 1. The number of hydrogen-bond donors (Lipinski definition) is 1. The van der Waals surface area contributed by atoms with Gasteiger partial charge < -0.3 is 9.64 Å². The first-order valence-electron chi connectivity index (χ1n) is 8.82. The Hall–Kier alpha value is -3.13. The van der Waals surface area contributed by atoms with Gasteiger partial charge in [0.25, 0.3) is 5.69 Å². The third kappa shape index (κ3) is 5.42. The molecule has 0 saturated carbocycles. The van der Waals surface area contributed by atoms with Gasteiger partial charge in [0.05, 0.1) is 4.92 Å². The Labute approximate surface area is 157 Å². The predicted octanol–water partition coefficient (Wildman–Crippen LogP) is 2.97. The fraction of sp³-hybridized carbons (Fsp3) is 0.316. The smallest absolute Gasteiger partial charge is 0.411 e. The molecule has 1 heterocycles. The van der Waals surface area contributed by atoms with Crippen LogP contribution >= 0.6 is 0 Å². The van der Waals surface area contributed by atoms with Gasteiger partial charge in [-0.1, -0.05) is 18.2 Å². The Morgan fingerprint density at radius 1 is 1.04 bits per heavy atom. The molecule has 1 fully saturated rings. The molecular formula is C19H22N4O4. The van der Waals surface area contributed by atoms with Crippen molar-refractivity contribution >= 4 is 23.2 Å². The maximum Gasteiger partial charge on any atom is 0.411 e. The van der Waals surface area contributed by atoms with Crippen LogP contribution < -0.4 is 10.2 Å². The van der Waals surface area contributed by atoms with Gasteiger partial charge in [-0.15, -0.1) is 0 Å². The van der Waals surface area contributed by atoms with E-state index in [1.54, 1.807) is 24.3 Å². The third-order valence-electron chi connectivity index (χ3n) is 4.46. The van der Waals surface area contributed by atoms with E-state index in [-0.39, 0.29) is 5.69 Å². The number of para-hydroxylation sites is 1. The van der Waals surface area contributed by atoms with Crippen LogP contribution in [-0.2, 0) is 4.74 Å².